The molecule has 1 saturated heterocycles. The normalized spacial score (nSPS) is 14.3. The molecule has 3 aromatic rings. The maximum atomic E-state index is 11.1. The van der Waals surface area contributed by atoms with Crippen LogP contribution in [0.15, 0.2) is 48.7 Å². The molecule has 0 bridgehead atoms. The first-order valence-corrected chi connectivity index (χ1v) is 11.0. The Hall–Kier alpha value is -3.01. The Bertz CT molecular complexity index is 1020. The fraction of sp³-hybridized carbons (Fsp3) is 0.318. The number of ether oxygens (including phenoxy) is 2. The summed E-state index contributed by atoms with van der Waals surface area (Å²) in [6.07, 6.45) is 2.61. The number of hydrogen-bond acceptors (Lipinski definition) is 8. The zero-order valence-electron chi connectivity index (χ0n) is 17.0. The van der Waals surface area contributed by atoms with Gasteiger partial charge in [-0.15, -0.1) is 11.3 Å². The topological polar surface area (TPSA) is 96.8 Å². The van der Waals surface area contributed by atoms with E-state index < -0.39 is 5.97 Å². The molecule has 8 nitrogen and oxygen atoms in total. The number of thiophene rings is 1. The van der Waals surface area contributed by atoms with Crippen LogP contribution in [-0.2, 0) is 4.74 Å². The van der Waals surface area contributed by atoms with Crippen LogP contribution in [-0.4, -0.2) is 65.4 Å². The lowest BCUT2D eigenvalue weighted by molar-refractivity contribution is 0.0358. The van der Waals surface area contributed by atoms with E-state index in [4.69, 9.17) is 14.6 Å². The van der Waals surface area contributed by atoms with Crippen molar-refractivity contribution in [3.05, 3.63) is 53.5 Å². The number of aromatic nitrogens is 2. The molecular weight excluding hydrogens is 416 g/mol. The van der Waals surface area contributed by atoms with Crippen molar-refractivity contribution in [2.24, 2.45) is 0 Å². The van der Waals surface area contributed by atoms with E-state index in [1.54, 1.807) is 24.4 Å². The molecule has 0 amide bonds. The van der Waals surface area contributed by atoms with Crippen molar-refractivity contribution in [1.29, 1.82) is 0 Å². The molecule has 0 atom stereocenters. The molecule has 0 spiro atoms. The summed E-state index contributed by atoms with van der Waals surface area (Å²) in [5, 5.41) is 12.3. The summed E-state index contributed by atoms with van der Waals surface area (Å²) in [7, 11) is 0. The number of nitrogens with one attached hydrogen (secondary N) is 1. The molecule has 1 aromatic carbocycles. The molecule has 0 aliphatic carbocycles. The Balaban J connectivity index is 1.33. The van der Waals surface area contributed by atoms with E-state index in [-0.39, 0.29) is 4.88 Å². The van der Waals surface area contributed by atoms with E-state index in [0.717, 1.165) is 55.6 Å². The minimum absolute atomic E-state index is 0.279. The molecule has 1 fully saturated rings. The highest BCUT2D eigenvalue weighted by atomic mass is 32.1. The number of benzene rings is 1. The summed E-state index contributed by atoms with van der Waals surface area (Å²) in [4.78, 5) is 23.3. The van der Waals surface area contributed by atoms with Crippen molar-refractivity contribution in [3.63, 3.8) is 0 Å². The van der Waals surface area contributed by atoms with Crippen LogP contribution in [0.1, 0.15) is 16.1 Å². The van der Waals surface area contributed by atoms with E-state index >= 15 is 0 Å². The molecule has 1 aliphatic rings. The van der Waals surface area contributed by atoms with Gasteiger partial charge in [-0.05, 0) is 36.8 Å². The maximum absolute atomic E-state index is 11.1. The average molecular weight is 441 g/mol. The van der Waals surface area contributed by atoms with Crippen molar-refractivity contribution in [2.45, 2.75) is 6.42 Å². The van der Waals surface area contributed by atoms with E-state index in [2.05, 4.69) is 20.2 Å². The predicted molar refractivity (Wildman–Crippen MR) is 119 cm³/mol. The zero-order chi connectivity index (χ0) is 21.5. The van der Waals surface area contributed by atoms with Gasteiger partial charge in [-0.2, -0.15) is 0 Å². The number of aromatic carboxylic acids is 1. The smallest absolute Gasteiger partial charge is 0.345 e. The molecule has 4 rings (SSSR count). The lowest BCUT2D eigenvalue weighted by Crippen LogP contribution is -2.37. The number of carbonyl (C=O) groups is 1. The highest BCUT2D eigenvalue weighted by Gasteiger charge is 2.11. The summed E-state index contributed by atoms with van der Waals surface area (Å²) < 4.78 is 11.3. The van der Waals surface area contributed by atoms with Crippen molar-refractivity contribution in [1.82, 2.24) is 14.9 Å². The van der Waals surface area contributed by atoms with Gasteiger partial charge in [-0.1, -0.05) is 6.07 Å². The van der Waals surface area contributed by atoms with Crippen molar-refractivity contribution < 1.29 is 19.4 Å². The quantitative estimate of drug-likeness (QED) is 0.486. The van der Waals surface area contributed by atoms with Gasteiger partial charge in [0.25, 0.3) is 0 Å². The number of rotatable bonds is 9. The van der Waals surface area contributed by atoms with Gasteiger partial charge < -0.3 is 19.9 Å². The molecule has 0 saturated carbocycles. The van der Waals surface area contributed by atoms with E-state index in [1.165, 1.54) is 11.3 Å². The van der Waals surface area contributed by atoms with Crippen LogP contribution in [0.5, 0.6) is 5.75 Å². The predicted octanol–water partition coefficient (Wildman–Crippen LogP) is 3.75. The first kappa shape index (κ1) is 21.2. The molecule has 2 N–H and O–H groups in total. The minimum Gasteiger partial charge on any atom is -0.493 e. The second kappa shape index (κ2) is 10.3. The van der Waals surface area contributed by atoms with Crippen molar-refractivity contribution in [2.75, 3.05) is 44.8 Å². The molecule has 2 aromatic heterocycles. The van der Waals surface area contributed by atoms with Gasteiger partial charge >= 0.3 is 5.97 Å². The zero-order valence-corrected chi connectivity index (χ0v) is 17.8. The minimum atomic E-state index is -0.939. The van der Waals surface area contributed by atoms with Crippen LogP contribution in [0.4, 0.5) is 11.6 Å². The van der Waals surface area contributed by atoms with Gasteiger partial charge in [-0.3, -0.25) is 4.90 Å². The van der Waals surface area contributed by atoms with Crippen LogP contribution < -0.4 is 10.1 Å². The highest BCUT2D eigenvalue weighted by molar-refractivity contribution is 7.17. The SMILES string of the molecule is O=C(O)c1ccc(-c2ccnc(Nc3cccc(OCCCN4CCOCC4)c3)n2)s1. The Morgan fingerprint density at radius 2 is 2.10 bits per heavy atom. The summed E-state index contributed by atoms with van der Waals surface area (Å²) in [5.41, 5.74) is 1.49. The summed E-state index contributed by atoms with van der Waals surface area (Å²) in [6, 6.07) is 12.8. The van der Waals surface area contributed by atoms with Crippen molar-refractivity contribution in [3.8, 4) is 16.3 Å². The second-order valence-corrected chi connectivity index (χ2v) is 8.13. The molecule has 31 heavy (non-hydrogen) atoms. The number of nitrogens with zero attached hydrogens (tertiary/aromatic N) is 3. The van der Waals surface area contributed by atoms with E-state index in [9.17, 15) is 4.79 Å². The number of hydrogen-bond donors (Lipinski definition) is 2. The highest BCUT2D eigenvalue weighted by Crippen LogP contribution is 2.28. The van der Waals surface area contributed by atoms with Crippen molar-refractivity contribution >= 4 is 28.9 Å². The Morgan fingerprint density at radius 3 is 2.90 bits per heavy atom. The maximum Gasteiger partial charge on any atom is 0.345 e. The van der Waals surface area contributed by atoms with Gasteiger partial charge in [0.05, 0.1) is 30.4 Å². The van der Waals surface area contributed by atoms with Crippen LogP contribution in [0.2, 0.25) is 0 Å². The standard InChI is InChI=1S/C22H24N4O4S/c27-21(28)20-6-5-19(31-20)18-7-8-23-22(25-18)24-16-3-1-4-17(15-16)30-12-2-9-26-10-13-29-14-11-26/h1,3-8,15H,2,9-14H2,(H,27,28)(H,23,24,25). The fourth-order valence-electron chi connectivity index (χ4n) is 3.24. The molecule has 0 unspecified atom stereocenters. The lowest BCUT2D eigenvalue weighted by atomic mass is 10.3. The summed E-state index contributed by atoms with van der Waals surface area (Å²) in [5.74, 6) is 0.283. The van der Waals surface area contributed by atoms with Crippen LogP contribution >= 0.6 is 11.3 Å². The lowest BCUT2D eigenvalue weighted by Gasteiger charge is -2.26. The fourth-order valence-corrected chi connectivity index (χ4v) is 4.06. The molecule has 9 heteroatoms. The Morgan fingerprint density at radius 1 is 1.23 bits per heavy atom. The molecular formula is C22H24N4O4S. The van der Waals surface area contributed by atoms with Gasteiger partial charge in [0, 0.05) is 37.6 Å². The first-order valence-electron chi connectivity index (χ1n) is 10.1. The number of carboxylic acids is 1. The Labute approximate surface area is 184 Å². The van der Waals surface area contributed by atoms with Crippen LogP contribution in [0, 0.1) is 0 Å². The second-order valence-electron chi connectivity index (χ2n) is 7.04. The third-order valence-corrected chi connectivity index (χ3v) is 5.90. The van der Waals surface area contributed by atoms with Gasteiger partial charge in [-0.25, -0.2) is 14.8 Å². The largest absolute Gasteiger partial charge is 0.493 e. The van der Waals surface area contributed by atoms with E-state index in [0.29, 0.717) is 18.2 Å². The molecule has 162 valence electrons. The Kier molecular flexibility index (Phi) is 7.08. The summed E-state index contributed by atoms with van der Waals surface area (Å²) in [6.45, 7) is 5.25. The monoisotopic (exact) mass is 440 g/mol. The van der Waals surface area contributed by atoms with Gasteiger partial charge in [0.1, 0.15) is 10.6 Å². The average Bonchev–Trinajstić information content (AvgIpc) is 3.29. The third kappa shape index (κ3) is 6.00. The van der Waals surface area contributed by atoms with E-state index in [1.807, 2.05) is 24.3 Å². The molecule has 1 aliphatic heterocycles. The number of anilines is 2. The van der Waals surface area contributed by atoms with Crippen LogP contribution in [0.3, 0.4) is 0 Å². The third-order valence-electron chi connectivity index (χ3n) is 4.81. The van der Waals surface area contributed by atoms with Crippen LogP contribution in [0.25, 0.3) is 10.6 Å². The first-order chi connectivity index (χ1) is 15.2. The number of carboxylic acid groups (broad SMARTS) is 1. The number of morpholine rings is 1. The summed E-state index contributed by atoms with van der Waals surface area (Å²) >= 11 is 1.18. The van der Waals surface area contributed by atoms with Gasteiger partial charge in [0.15, 0.2) is 0 Å². The molecule has 3 heterocycles. The molecule has 0 radical (unpaired) electrons. The van der Waals surface area contributed by atoms with Gasteiger partial charge in [0.2, 0.25) is 5.95 Å².